The second-order valence-corrected chi connectivity index (χ2v) is 4.41. The van der Waals surface area contributed by atoms with Gasteiger partial charge in [0, 0.05) is 17.2 Å². The fourth-order valence-electron chi connectivity index (χ4n) is 1.99. The Morgan fingerprint density at radius 1 is 1.54 bits per heavy atom. The lowest BCUT2D eigenvalue weighted by atomic mass is 10.0. The quantitative estimate of drug-likeness (QED) is 0.731. The summed E-state index contributed by atoms with van der Waals surface area (Å²) in [4.78, 5) is 0. The Morgan fingerprint density at radius 3 is 2.62 bits per heavy atom. The number of hydrogen-bond donors (Lipinski definition) is 2. The van der Waals surface area contributed by atoms with Gasteiger partial charge in [0.05, 0.1) is 0 Å². The molecule has 2 unspecified atom stereocenters. The van der Waals surface area contributed by atoms with E-state index in [-0.39, 0.29) is 0 Å². The number of anilines is 1. The van der Waals surface area contributed by atoms with Crippen molar-refractivity contribution in [3.8, 4) is 0 Å². The zero-order chi connectivity index (χ0) is 9.59. The number of nitrogens with two attached hydrogens (primary N) is 1. The third kappa shape index (κ3) is 1.32. The van der Waals surface area contributed by atoms with Crippen LogP contribution in [-0.4, -0.2) is 10.2 Å². The lowest BCUT2D eigenvalue weighted by molar-refractivity contribution is 0.813. The molecular weight excluding hydrogens is 162 g/mol. The van der Waals surface area contributed by atoms with Crippen molar-refractivity contribution in [1.82, 2.24) is 10.2 Å². The Labute approximate surface area is 78.7 Å². The summed E-state index contributed by atoms with van der Waals surface area (Å²) >= 11 is 0. The largest absolute Gasteiger partial charge is 0.382 e. The van der Waals surface area contributed by atoms with Gasteiger partial charge >= 0.3 is 0 Å². The maximum atomic E-state index is 5.81. The Balaban J connectivity index is 2.35. The minimum absolute atomic E-state index is 0.474. The Kier molecular flexibility index (Phi) is 1.82. The molecule has 1 heterocycles. The average Bonchev–Trinajstić information content (AvgIpc) is 2.60. The van der Waals surface area contributed by atoms with Crippen molar-refractivity contribution < 1.29 is 0 Å². The van der Waals surface area contributed by atoms with Crippen molar-refractivity contribution in [1.29, 1.82) is 0 Å². The lowest BCUT2D eigenvalue weighted by Crippen LogP contribution is -1.97. The van der Waals surface area contributed by atoms with E-state index in [1.807, 2.05) is 0 Å². The first kappa shape index (κ1) is 8.60. The highest BCUT2D eigenvalue weighted by Gasteiger charge is 2.38. The Bertz CT molecular complexity index is 314. The van der Waals surface area contributed by atoms with E-state index in [4.69, 9.17) is 5.73 Å². The summed E-state index contributed by atoms with van der Waals surface area (Å²) < 4.78 is 0. The molecule has 0 spiro atoms. The summed E-state index contributed by atoms with van der Waals surface area (Å²) in [5, 5.41) is 7.16. The first-order valence-corrected chi connectivity index (χ1v) is 4.95. The molecule has 0 amide bonds. The molecule has 1 aliphatic rings. The van der Waals surface area contributed by atoms with E-state index in [1.165, 1.54) is 17.7 Å². The molecule has 3 nitrogen and oxygen atoms in total. The normalized spacial score (nSPS) is 26.8. The Hall–Kier alpha value is -0.990. The fraction of sp³-hybridized carbons (Fsp3) is 0.700. The number of rotatable bonds is 2. The number of hydrogen-bond acceptors (Lipinski definition) is 2. The zero-order valence-electron chi connectivity index (χ0n) is 8.46. The van der Waals surface area contributed by atoms with E-state index >= 15 is 0 Å². The van der Waals surface area contributed by atoms with Crippen molar-refractivity contribution in [3.05, 3.63) is 11.3 Å². The summed E-state index contributed by atoms with van der Waals surface area (Å²) in [6, 6.07) is 0. The van der Waals surface area contributed by atoms with Crippen LogP contribution >= 0.6 is 0 Å². The molecule has 1 aromatic heterocycles. The molecule has 13 heavy (non-hydrogen) atoms. The molecule has 1 aliphatic carbocycles. The molecule has 3 N–H and O–H groups in total. The molecule has 72 valence electrons. The van der Waals surface area contributed by atoms with E-state index in [1.54, 1.807) is 0 Å². The summed E-state index contributed by atoms with van der Waals surface area (Å²) in [6.45, 7) is 6.60. The molecule has 0 aliphatic heterocycles. The topological polar surface area (TPSA) is 54.7 Å². The van der Waals surface area contributed by atoms with E-state index in [2.05, 4.69) is 31.0 Å². The predicted octanol–water partition coefficient (Wildman–Crippen LogP) is 2.24. The third-order valence-electron chi connectivity index (χ3n) is 2.92. The molecule has 2 atom stereocenters. The van der Waals surface area contributed by atoms with Crippen LogP contribution in [0.15, 0.2) is 0 Å². The van der Waals surface area contributed by atoms with Crippen LogP contribution in [0.4, 0.5) is 5.82 Å². The molecule has 0 saturated heterocycles. The summed E-state index contributed by atoms with van der Waals surface area (Å²) in [5.41, 5.74) is 8.32. The number of aromatic amines is 1. The summed E-state index contributed by atoms with van der Waals surface area (Å²) in [7, 11) is 0. The van der Waals surface area contributed by atoms with Gasteiger partial charge in [-0.15, -0.1) is 0 Å². The van der Waals surface area contributed by atoms with E-state index in [0.717, 1.165) is 5.92 Å². The maximum Gasteiger partial charge on any atom is 0.148 e. The minimum atomic E-state index is 0.474. The first-order valence-electron chi connectivity index (χ1n) is 4.95. The highest BCUT2D eigenvalue weighted by Crippen LogP contribution is 2.49. The van der Waals surface area contributed by atoms with E-state index in [9.17, 15) is 0 Å². The third-order valence-corrected chi connectivity index (χ3v) is 2.92. The van der Waals surface area contributed by atoms with Crippen LogP contribution in [0.2, 0.25) is 0 Å². The second-order valence-electron chi connectivity index (χ2n) is 4.41. The van der Waals surface area contributed by atoms with Gasteiger partial charge in [-0.1, -0.05) is 20.8 Å². The van der Waals surface area contributed by atoms with Crippen LogP contribution in [0.5, 0.6) is 0 Å². The van der Waals surface area contributed by atoms with Crippen LogP contribution < -0.4 is 5.73 Å². The smallest absolute Gasteiger partial charge is 0.148 e. The lowest BCUT2D eigenvalue weighted by Gasteiger charge is -2.06. The first-order chi connectivity index (χ1) is 6.11. The van der Waals surface area contributed by atoms with Gasteiger partial charge in [-0.05, 0) is 18.3 Å². The highest BCUT2D eigenvalue weighted by molar-refractivity contribution is 5.46. The molecule has 1 aromatic rings. The Morgan fingerprint density at radius 2 is 2.15 bits per heavy atom. The average molecular weight is 179 g/mol. The standard InChI is InChI=1S/C10H17N3/c1-5(2)8-9(7-4-6(7)3)12-13-10(8)11/h5-7H,4H2,1-3H3,(H3,11,12,13). The number of aromatic nitrogens is 2. The summed E-state index contributed by atoms with van der Waals surface area (Å²) in [5.74, 6) is 2.64. The fourth-order valence-corrected chi connectivity index (χ4v) is 1.99. The van der Waals surface area contributed by atoms with Gasteiger partial charge in [0.25, 0.3) is 0 Å². The van der Waals surface area contributed by atoms with Gasteiger partial charge < -0.3 is 5.73 Å². The van der Waals surface area contributed by atoms with Crippen LogP contribution in [0, 0.1) is 5.92 Å². The van der Waals surface area contributed by atoms with Gasteiger partial charge in [-0.25, -0.2) is 0 Å². The second kappa shape index (κ2) is 2.76. The van der Waals surface area contributed by atoms with Gasteiger partial charge in [0.1, 0.15) is 5.82 Å². The number of nitrogens with one attached hydrogen (secondary N) is 1. The zero-order valence-corrected chi connectivity index (χ0v) is 8.46. The highest BCUT2D eigenvalue weighted by atomic mass is 15.2. The molecule has 1 saturated carbocycles. The number of nitrogen functional groups attached to an aromatic ring is 1. The molecule has 1 fully saturated rings. The van der Waals surface area contributed by atoms with Crippen LogP contribution in [-0.2, 0) is 0 Å². The molecular formula is C10H17N3. The van der Waals surface area contributed by atoms with Crippen molar-refractivity contribution in [2.24, 2.45) is 5.92 Å². The maximum absolute atomic E-state index is 5.81. The van der Waals surface area contributed by atoms with Crippen LogP contribution in [0.1, 0.15) is 50.3 Å². The molecule has 0 aromatic carbocycles. The van der Waals surface area contributed by atoms with Crippen molar-refractivity contribution in [2.75, 3.05) is 5.73 Å². The van der Waals surface area contributed by atoms with Crippen molar-refractivity contribution >= 4 is 5.82 Å². The van der Waals surface area contributed by atoms with Gasteiger partial charge in [0.2, 0.25) is 0 Å². The molecule has 0 radical (unpaired) electrons. The molecule has 0 bridgehead atoms. The van der Waals surface area contributed by atoms with Gasteiger partial charge in [0.15, 0.2) is 0 Å². The SMILES string of the molecule is CC(C)c1c(N)n[nH]c1C1CC1C. The molecule has 2 rings (SSSR count). The molecule has 3 heteroatoms. The van der Waals surface area contributed by atoms with Gasteiger partial charge in [-0.2, -0.15) is 5.10 Å². The predicted molar refractivity (Wildman–Crippen MR) is 53.6 cm³/mol. The van der Waals surface area contributed by atoms with Crippen LogP contribution in [0.25, 0.3) is 0 Å². The number of nitrogens with zero attached hydrogens (tertiary/aromatic N) is 1. The monoisotopic (exact) mass is 179 g/mol. The van der Waals surface area contributed by atoms with Crippen molar-refractivity contribution in [3.63, 3.8) is 0 Å². The van der Waals surface area contributed by atoms with E-state index in [0.29, 0.717) is 17.7 Å². The van der Waals surface area contributed by atoms with E-state index < -0.39 is 0 Å². The van der Waals surface area contributed by atoms with Gasteiger partial charge in [-0.3, -0.25) is 5.10 Å². The van der Waals surface area contributed by atoms with Crippen LogP contribution in [0.3, 0.4) is 0 Å². The van der Waals surface area contributed by atoms with Crippen molar-refractivity contribution in [2.45, 2.75) is 39.0 Å². The minimum Gasteiger partial charge on any atom is -0.382 e. The number of H-pyrrole nitrogens is 1. The summed E-state index contributed by atoms with van der Waals surface area (Å²) in [6.07, 6.45) is 1.28.